The number of aliphatic carboxylic acids is 1. The lowest BCUT2D eigenvalue weighted by Crippen LogP contribution is -2.43. The van der Waals surface area contributed by atoms with E-state index in [1.54, 1.807) is 0 Å². The molecule has 1 saturated heterocycles. The molecule has 5 nitrogen and oxygen atoms in total. The molecule has 0 aromatic carbocycles. The molecule has 1 heterocycles. The topological polar surface area (TPSA) is 75.6 Å². The largest absolute Gasteiger partial charge is 0.481 e. The van der Waals surface area contributed by atoms with Crippen LogP contribution >= 0.6 is 0 Å². The molecule has 5 heteroatoms. The third-order valence-corrected chi connectivity index (χ3v) is 4.74. The zero-order valence-corrected chi connectivity index (χ0v) is 12.2. The summed E-state index contributed by atoms with van der Waals surface area (Å²) < 4.78 is 5.42. The minimum absolute atomic E-state index is 0.0221. The van der Waals surface area contributed by atoms with Crippen LogP contribution < -0.4 is 5.32 Å². The number of nitrogens with one attached hydrogen (secondary N) is 1. The van der Waals surface area contributed by atoms with Gasteiger partial charge in [-0.2, -0.15) is 0 Å². The molecular weight excluding hydrogens is 258 g/mol. The van der Waals surface area contributed by atoms with Crippen molar-refractivity contribution in [2.24, 2.45) is 5.41 Å². The second kappa shape index (κ2) is 6.57. The van der Waals surface area contributed by atoms with Crippen molar-refractivity contribution in [1.29, 1.82) is 0 Å². The van der Waals surface area contributed by atoms with Crippen molar-refractivity contribution in [2.45, 2.75) is 70.4 Å². The van der Waals surface area contributed by atoms with Crippen molar-refractivity contribution < 1.29 is 19.4 Å². The number of carbonyl (C=O) groups is 2. The Hall–Kier alpha value is -1.10. The molecule has 2 aliphatic rings. The average Bonchev–Trinajstić information content (AvgIpc) is 2.66. The normalized spacial score (nSPS) is 29.6. The van der Waals surface area contributed by atoms with Crippen LogP contribution in [0.25, 0.3) is 0 Å². The van der Waals surface area contributed by atoms with E-state index in [2.05, 4.69) is 5.32 Å². The molecule has 0 spiro atoms. The Morgan fingerprint density at radius 1 is 1.25 bits per heavy atom. The van der Waals surface area contributed by atoms with E-state index in [0.29, 0.717) is 19.4 Å². The molecule has 1 amide bonds. The van der Waals surface area contributed by atoms with Gasteiger partial charge in [0.05, 0.1) is 17.6 Å². The maximum atomic E-state index is 12.2. The van der Waals surface area contributed by atoms with Crippen LogP contribution in [-0.4, -0.2) is 35.7 Å². The first kappa shape index (κ1) is 15.3. The van der Waals surface area contributed by atoms with Crippen molar-refractivity contribution >= 4 is 11.9 Å². The van der Waals surface area contributed by atoms with Crippen LogP contribution in [0.2, 0.25) is 0 Å². The van der Waals surface area contributed by atoms with Crippen LogP contribution in [0.5, 0.6) is 0 Å². The van der Waals surface area contributed by atoms with Crippen LogP contribution in [0.1, 0.15) is 58.3 Å². The Bertz CT molecular complexity index is 361. The first-order chi connectivity index (χ1) is 9.53. The summed E-state index contributed by atoms with van der Waals surface area (Å²) in [5.41, 5.74) is -0.858. The van der Waals surface area contributed by atoms with Gasteiger partial charge in [0.15, 0.2) is 0 Å². The van der Waals surface area contributed by atoms with Gasteiger partial charge in [-0.05, 0) is 26.2 Å². The van der Waals surface area contributed by atoms with E-state index in [1.165, 1.54) is 0 Å². The van der Waals surface area contributed by atoms with E-state index in [0.717, 1.165) is 32.1 Å². The molecule has 0 radical (unpaired) electrons. The summed E-state index contributed by atoms with van der Waals surface area (Å²) in [5, 5.41) is 12.5. The van der Waals surface area contributed by atoms with Gasteiger partial charge in [-0.1, -0.05) is 25.7 Å². The summed E-state index contributed by atoms with van der Waals surface area (Å²) in [7, 11) is 0. The van der Waals surface area contributed by atoms with Crippen LogP contribution in [0, 0.1) is 5.41 Å². The van der Waals surface area contributed by atoms with E-state index >= 15 is 0 Å². The Morgan fingerprint density at radius 2 is 1.90 bits per heavy atom. The van der Waals surface area contributed by atoms with Crippen LogP contribution in [0.15, 0.2) is 0 Å². The van der Waals surface area contributed by atoms with Gasteiger partial charge in [0.2, 0.25) is 5.91 Å². The highest BCUT2D eigenvalue weighted by molar-refractivity contribution is 5.85. The maximum absolute atomic E-state index is 12.2. The first-order valence-electron chi connectivity index (χ1n) is 7.68. The van der Waals surface area contributed by atoms with E-state index in [-0.39, 0.29) is 24.5 Å². The predicted molar refractivity (Wildman–Crippen MR) is 74.3 cm³/mol. The summed E-state index contributed by atoms with van der Waals surface area (Å²) in [4.78, 5) is 23.9. The Kier molecular flexibility index (Phi) is 5.02. The van der Waals surface area contributed by atoms with Gasteiger partial charge in [0.25, 0.3) is 0 Å². The van der Waals surface area contributed by atoms with E-state index < -0.39 is 11.4 Å². The van der Waals surface area contributed by atoms with Gasteiger partial charge in [0.1, 0.15) is 0 Å². The van der Waals surface area contributed by atoms with Gasteiger partial charge < -0.3 is 15.2 Å². The monoisotopic (exact) mass is 283 g/mol. The number of amides is 1. The van der Waals surface area contributed by atoms with Gasteiger partial charge in [-0.25, -0.2) is 0 Å². The lowest BCUT2D eigenvalue weighted by atomic mass is 9.77. The standard InChI is InChI=1S/C15H25NO4/c1-11-12(6-9-20-11)16-13(17)10-15(14(18)19)7-4-2-3-5-8-15/h11-12H,2-10H2,1H3,(H,16,17)(H,18,19). The lowest BCUT2D eigenvalue weighted by molar-refractivity contribution is -0.153. The number of carbonyl (C=O) groups excluding carboxylic acids is 1. The van der Waals surface area contributed by atoms with Crippen molar-refractivity contribution in [2.75, 3.05) is 6.61 Å². The molecule has 2 unspecified atom stereocenters. The zero-order chi connectivity index (χ0) is 14.6. The van der Waals surface area contributed by atoms with Gasteiger partial charge in [-0.15, -0.1) is 0 Å². The summed E-state index contributed by atoms with van der Waals surface area (Å²) in [6.45, 7) is 2.60. The molecule has 2 fully saturated rings. The maximum Gasteiger partial charge on any atom is 0.310 e. The van der Waals surface area contributed by atoms with Gasteiger partial charge >= 0.3 is 5.97 Å². The zero-order valence-electron chi connectivity index (χ0n) is 12.2. The molecule has 2 rings (SSSR count). The first-order valence-corrected chi connectivity index (χ1v) is 7.68. The highest BCUT2D eigenvalue weighted by Gasteiger charge is 2.41. The molecule has 20 heavy (non-hydrogen) atoms. The molecule has 114 valence electrons. The minimum Gasteiger partial charge on any atom is -0.481 e. The highest BCUT2D eigenvalue weighted by atomic mass is 16.5. The summed E-state index contributed by atoms with van der Waals surface area (Å²) >= 11 is 0. The number of hydrogen-bond donors (Lipinski definition) is 2. The van der Waals surface area contributed by atoms with Crippen LogP contribution in [-0.2, 0) is 14.3 Å². The van der Waals surface area contributed by atoms with Crippen molar-refractivity contribution in [3.8, 4) is 0 Å². The van der Waals surface area contributed by atoms with Crippen molar-refractivity contribution in [3.63, 3.8) is 0 Å². The smallest absolute Gasteiger partial charge is 0.310 e. The molecule has 2 atom stereocenters. The Labute approximate surface area is 120 Å². The van der Waals surface area contributed by atoms with Crippen LogP contribution in [0.4, 0.5) is 0 Å². The number of carboxylic acid groups (broad SMARTS) is 1. The molecule has 0 aromatic heterocycles. The molecule has 0 bridgehead atoms. The molecular formula is C15H25NO4. The summed E-state index contributed by atoms with van der Waals surface area (Å²) in [6, 6.07) is 0.0270. The highest BCUT2D eigenvalue weighted by Crippen LogP contribution is 2.38. The molecule has 1 aliphatic carbocycles. The van der Waals surface area contributed by atoms with Crippen molar-refractivity contribution in [3.05, 3.63) is 0 Å². The molecule has 2 N–H and O–H groups in total. The van der Waals surface area contributed by atoms with Gasteiger partial charge in [0, 0.05) is 13.0 Å². The SMILES string of the molecule is CC1OCCC1NC(=O)CC1(C(=O)O)CCCCCC1. The summed E-state index contributed by atoms with van der Waals surface area (Å²) in [6.07, 6.45) is 6.13. The quantitative estimate of drug-likeness (QED) is 0.775. The molecule has 1 saturated carbocycles. The third kappa shape index (κ3) is 3.51. The second-order valence-electron chi connectivity index (χ2n) is 6.22. The van der Waals surface area contributed by atoms with E-state index in [1.807, 2.05) is 6.92 Å². The van der Waals surface area contributed by atoms with E-state index in [9.17, 15) is 14.7 Å². The number of ether oxygens (including phenoxy) is 1. The number of rotatable bonds is 4. The van der Waals surface area contributed by atoms with Gasteiger partial charge in [-0.3, -0.25) is 9.59 Å². The van der Waals surface area contributed by atoms with Crippen molar-refractivity contribution in [1.82, 2.24) is 5.32 Å². The number of carboxylic acids is 1. The second-order valence-corrected chi connectivity index (χ2v) is 6.22. The van der Waals surface area contributed by atoms with Crippen LogP contribution in [0.3, 0.4) is 0 Å². The minimum atomic E-state index is -0.858. The fourth-order valence-corrected chi connectivity index (χ4v) is 3.36. The molecule has 1 aliphatic heterocycles. The summed E-state index contributed by atoms with van der Waals surface area (Å²) in [5.74, 6) is -0.957. The third-order valence-electron chi connectivity index (χ3n) is 4.74. The number of hydrogen-bond acceptors (Lipinski definition) is 3. The Morgan fingerprint density at radius 3 is 2.40 bits per heavy atom. The molecule has 0 aromatic rings. The Balaban J connectivity index is 1.96. The predicted octanol–water partition coefficient (Wildman–Crippen LogP) is 2.10. The average molecular weight is 283 g/mol. The lowest BCUT2D eigenvalue weighted by Gasteiger charge is -2.28. The van der Waals surface area contributed by atoms with E-state index in [4.69, 9.17) is 4.74 Å². The fraction of sp³-hybridized carbons (Fsp3) is 0.867. The fourth-order valence-electron chi connectivity index (χ4n) is 3.36.